The fourth-order valence-corrected chi connectivity index (χ4v) is 3.47. The Balaban J connectivity index is 1.32. The molecule has 2 N–H and O–H groups in total. The Morgan fingerprint density at radius 1 is 0.968 bits per heavy atom. The zero-order valence-corrected chi connectivity index (χ0v) is 16.8. The van der Waals surface area contributed by atoms with Gasteiger partial charge < -0.3 is 15.5 Å². The Morgan fingerprint density at radius 3 is 2.39 bits per heavy atom. The van der Waals surface area contributed by atoms with Crippen LogP contribution < -0.4 is 15.5 Å². The molecule has 2 heterocycles. The summed E-state index contributed by atoms with van der Waals surface area (Å²) in [7, 11) is 0. The van der Waals surface area contributed by atoms with E-state index >= 15 is 0 Å². The number of carbonyl (C=O) groups excluding carboxylic acids is 3. The van der Waals surface area contributed by atoms with E-state index in [0.717, 1.165) is 11.3 Å². The molecule has 1 fully saturated rings. The van der Waals surface area contributed by atoms with Crippen LogP contribution in [0.15, 0.2) is 79.1 Å². The first-order chi connectivity index (χ1) is 15.1. The Hall–Kier alpha value is -4.00. The molecule has 1 aliphatic heterocycles. The minimum atomic E-state index is -0.420. The smallest absolute Gasteiger partial charge is 0.251 e. The van der Waals surface area contributed by atoms with Gasteiger partial charge in [-0.25, -0.2) is 0 Å². The summed E-state index contributed by atoms with van der Waals surface area (Å²) in [6.45, 7) is 0.762. The van der Waals surface area contributed by atoms with Gasteiger partial charge in [0.25, 0.3) is 5.91 Å². The molecule has 1 saturated heterocycles. The number of amides is 3. The van der Waals surface area contributed by atoms with Gasteiger partial charge in [-0.1, -0.05) is 18.2 Å². The molecular formula is C24H22N4O3. The zero-order chi connectivity index (χ0) is 21.6. The molecule has 0 radical (unpaired) electrons. The van der Waals surface area contributed by atoms with E-state index in [2.05, 4.69) is 15.6 Å². The maximum absolute atomic E-state index is 12.6. The summed E-state index contributed by atoms with van der Waals surface area (Å²) in [5, 5.41) is 5.69. The van der Waals surface area contributed by atoms with Crippen LogP contribution in [0.1, 0.15) is 22.3 Å². The molecule has 156 valence electrons. The molecule has 0 spiro atoms. The van der Waals surface area contributed by atoms with Crippen molar-refractivity contribution in [3.05, 3.63) is 90.3 Å². The van der Waals surface area contributed by atoms with Crippen molar-refractivity contribution in [1.82, 2.24) is 10.3 Å². The van der Waals surface area contributed by atoms with Crippen LogP contribution in [0.4, 0.5) is 11.4 Å². The molecule has 31 heavy (non-hydrogen) atoms. The van der Waals surface area contributed by atoms with E-state index in [-0.39, 0.29) is 24.1 Å². The monoisotopic (exact) mass is 414 g/mol. The minimum absolute atomic E-state index is 0.0624. The van der Waals surface area contributed by atoms with E-state index in [0.29, 0.717) is 24.3 Å². The summed E-state index contributed by atoms with van der Waals surface area (Å²) in [4.78, 5) is 42.9. The first-order valence-electron chi connectivity index (χ1n) is 10.0. The molecule has 0 bridgehead atoms. The van der Waals surface area contributed by atoms with Gasteiger partial charge in [0, 0.05) is 48.8 Å². The number of carbonyl (C=O) groups is 3. The number of benzene rings is 2. The molecule has 0 saturated carbocycles. The number of para-hydroxylation sites is 1. The number of nitrogens with zero attached hydrogens (tertiary/aromatic N) is 2. The van der Waals surface area contributed by atoms with Crippen molar-refractivity contribution < 1.29 is 14.4 Å². The Morgan fingerprint density at radius 2 is 1.68 bits per heavy atom. The van der Waals surface area contributed by atoms with E-state index in [1.165, 1.54) is 0 Å². The highest BCUT2D eigenvalue weighted by Crippen LogP contribution is 2.25. The lowest BCUT2D eigenvalue weighted by Crippen LogP contribution is -2.28. The number of aromatic nitrogens is 1. The van der Waals surface area contributed by atoms with Gasteiger partial charge in [-0.15, -0.1) is 0 Å². The van der Waals surface area contributed by atoms with E-state index in [1.807, 2.05) is 42.5 Å². The van der Waals surface area contributed by atoms with Gasteiger partial charge in [0.05, 0.1) is 5.92 Å². The second kappa shape index (κ2) is 9.21. The lowest BCUT2D eigenvalue weighted by atomic mass is 10.1. The maximum atomic E-state index is 12.6. The van der Waals surface area contributed by atoms with E-state index in [9.17, 15) is 14.4 Å². The number of anilines is 2. The van der Waals surface area contributed by atoms with Crippen LogP contribution in [0.25, 0.3) is 0 Å². The van der Waals surface area contributed by atoms with Gasteiger partial charge in [-0.2, -0.15) is 0 Å². The number of hydrogen-bond donors (Lipinski definition) is 2. The topological polar surface area (TPSA) is 91.4 Å². The third-order valence-electron chi connectivity index (χ3n) is 5.18. The van der Waals surface area contributed by atoms with Crippen molar-refractivity contribution in [1.29, 1.82) is 0 Å². The van der Waals surface area contributed by atoms with E-state index < -0.39 is 5.92 Å². The number of rotatable bonds is 6. The molecule has 1 atom stereocenters. The highest BCUT2D eigenvalue weighted by Gasteiger charge is 2.35. The molecule has 4 rings (SSSR count). The molecule has 1 aromatic heterocycles. The number of hydrogen-bond acceptors (Lipinski definition) is 4. The van der Waals surface area contributed by atoms with Crippen LogP contribution in [0, 0.1) is 5.92 Å². The zero-order valence-electron chi connectivity index (χ0n) is 16.8. The van der Waals surface area contributed by atoms with Crippen molar-refractivity contribution in [3.63, 3.8) is 0 Å². The largest absolute Gasteiger partial charge is 0.348 e. The fourth-order valence-electron chi connectivity index (χ4n) is 3.47. The lowest BCUT2D eigenvalue weighted by molar-refractivity contribution is -0.122. The predicted octanol–water partition coefficient (Wildman–Crippen LogP) is 3.00. The van der Waals surface area contributed by atoms with Crippen molar-refractivity contribution >= 4 is 29.1 Å². The Labute approximate surface area is 180 Å². The van der Waals surface area contributed by atoms with Gasteiger partial charge in [0.2, 0.25) is 11.8 Å². The van der Waals surface area contributed by atoms with Crippen LogP contribution in [0.3, 0.4) is 0 Å². The quantitative estimate of drug-likeness (QED) is 0.649. The third kappa shape index (κ3) is 4.95. The average Bonchev–Trinajstić information content (AvgIpc) is 3.21. The molecule has 2 aromatic carbocycles. The van der Waals surface area contributed by atoms with E-state index in [1.54, 1.807) is 41.6 Å². The molecule has 3 aromatic rings. The van der Waals surface area contributed by atoms with Gasteiger partial charge in [-0.3, -0.25) is 19.4 Å². The minimum Gasteiger partial charge on any atom is -0.348 e. The molecule has 3 amide bonds. The number of pyridine rings is 1. The van der Waals surface area contributed by atoms with Crippen LogP contribution >= 0.6 is 0 Å². The van der Waals surface area contributed by atoms with E-state index in [4.69, 9.17) is 0 Å². The van der Waals surface area contributed by atoms with Crippen molar-refractivity contribution in [3.8, 4) is 0 Å². The SMILES string of the molecule is O=C(NCc1ccncc1)c1ccc(NC(=O)C2CC(=O)N(c3ccccc3)C2)cc1. The second-order valence-electron chi connectivity index (χ2n) is 7.35. The molecule has 1 aliphatic rings. The van der Waals surface area contributed by atoms with Crippen molar-refractivity contribution in [2.24, 2.45) is 5.92 Å². The summed E-state index contributed by atoms with van der Waals surface area (Å²) in [6, 6.07) is 19.7. The normalized spacial score (nSPS) is 15.5. The van der Waals surface area contributed by atoms with Gasteiger partial charge in [0.15, 0.2) is 0 Å². The number of nitrogens with one attached hydrogen (secondary N) is 2. The Kier molecular flexibility index (Phi) is 6.03. The molecule has 7 nitrogen and oxygen atoms in total. The predicted molar refractivity (Wildman–Crippen MR) is 117 cm³/mol. The Bertz CT molecular complexity index is 1070. The van der Waals surface area contributed by atoms with Crippen molar-refractivity contribution in [2.45, 2.75) is 13.0 Å². The third-order valence-corrected chi connectivity index (χ3v) is 5.18. The van der Waals surface area contributed by atoms with Crippen LogP contribution in [0.2, 0.25) is 0 Å². The highest BCUT2D eigenvalue weighted by atomic mass is 16.2. The molecule has 0 aliphatic carbocycles. The standard InChI is InChI=1S/C24H22N4O3/c29-22-14-19(16-28(22)21-4-2-1-3-5-21)24(31)27-20-8-6-18(7-9-20)23(30)26-15-17-10-12-25-13-11-17/h1-13,19H,14-16H2,(H,26,30)(H,27,31). The fraction of sp³-hybridized carbons (Fsp3) is 0.167. The van der Waals surface area contributed by atoms with Crippen LogP contribution in [-0.2, 0) is 16.1 Å². The lowest BCUT2D eigenvalue weighted by Gasteiger charge is -2.16. The average molecular weight is 414 g/mol. The second-order valence-corrected chi connectivity index (χ2v) is 7.35. The van der Waals surface area contributed by atoms with Gasteiger partial charge in [0.1, 0.15) is 0 Å². The molecular weight excluding hydrogens is 392 g/mol. The highest BCUT2D eigenvalue weighted by molar-refractivity contribution is 6.03. The summed E-state index contributed by atoms with van der Waals surface area (Å²) in [6.07, 6.45) is 3.53. The summed E-state index contributed by atoms with van der Waals surface area (Å²) in [5.74, 6) is -0.889. The molecule has 7 heteroatoms. The summed E-state index contributed by atoms with van der Waals surface area (Å²) >= 11 is 0. The van der Waals surface area contributed by atoms with Gasteiger partial charge in [-0.05, 0) is 54.1 Å². The van der Waals surface area contributed by atoms with Crippen molar-refractivity contribution in [2.75, 3.05) is 16.8 Å². The van der Waals surface area contributed by atoms with Crippen LogP contribution in [0.5, 0.6) is 0 Å². The summed E-state index contributed by atoms with van der Waals surface area (Å²) < 4.78 is 0. The molecule has 1 unspecified atom stereocenters. The van der Waals surface area contributed by atoms with Gasteiger partial charge >= 0.3 is 0 Å². The maximum Gasteiger partial charge on any atom is 0.251 e. The summed E-state index contributed by atoms with van der Waals surface area (Å²) in [5.41, 5.74) is 2.84. The first kappa shape index (κ1) is 20.3. The van der Waals surface area contributed by atoms with Crippen LogP contribution in [-0.4, -0.2) is 29.3 Å². The first-order valence-corrected chi connectivity index (χ1v) is 10.0.